The Hall–Kier alpha value is -1.44. The Bertz CT molecular complexity index is 673. The molecule has 5 nitrogen and oxygen atoms in total. The molecule has 0 aliphatic rings. The van der Waals surface area contributed by atoms with Crippen molar-refractivity contribution in [2.24, 2.45) is 0 Å². The molecule has 0 aliphatic carbocycles. The number of hydrogen-bond donors (Lipinski definition) is 1. The number of carboxylic acids is 1. The number of hydrogen-bond acceptors (Lipinski definition) is 5. The van der Waals surface area contributed by atoms with Crippen LogP contribution in [0.15, 0.2) is 28.1 Å². The number of thiazole rings is 1. The van der Waals surface area contributed by atoms with Crippen LogP contribution in [-0.4, -0.2) is 48.2 Å². The predicted octanol–water partition coefficient (Wildman–Crippen LogP) is 3.53. The fourth-order valence-corrected chi connectivity index (χ4v) is 3.23. The number of ether oxygens (including phenoxy) is 1. The van der Waals surface area contributed by atoms with Crippen LogP contribution >= 0.6 is 27.3 Å². The summed E-state index contributed by atoms with van der Waals surface area (Å²) in [5.74, 6) is -0.112. The van der Waals surface area contributed by atoms with E-state index in [-0.39, 0.29) is 6.42 Å². The van der Waals surface area contributed by atoms with Crippen LogP contribution in [0.25, 0.3) is 10.6 Å². The molecule has 0 saturated heterocycles. The fraction of sp³-hybridized carbons (Fsp3) is 0.375. The van der Waals surface area contributed by atoms with Gasteiger partial charge in [-0.3, -0.25) is 4.79 Å². The van der Waals surface area contributed by atoms with Crippen molar-refractivity contribution in [2.75, 3.05) is 27.2 Å². The van der Waals surface area contributed by atoms with Gasteiger partial charge in [0.05, 0.1) is 24.3 Å². The van der Waals surface area contributed by atoms with E-state index in [0.29, 0.717) is 12.3 Å². The Morgan fingerprint density at radius 2 is 2.22 bits per heavy atom. The maximum Gasteiger partial charge on any atom is 0.309 e. The summed E-state index contributed by atoms with van der Waals surface area (Å²) in [6, 6.07) is 5.79. The molecule has 1 N–H and O–H groups in total. The highest BCUT2D eigenvalue weighted by atomic mass is 79.9. The molecule has 0 atom stereocenters. The Morgan fingerprint density at radius 1 is 1.43 bits per heavy atom. The SMILES string of the molecule is CN(C)CCCOc1ccc(Br)cc1-c1nc(CC(=O)O)cs1. The number of nitrogens with zero attached hydrogens (tertiary/aromatic N) is 2. The molecule has 0 radical (unpaired) electrons. The minimum atomic E-state index is -0.878. The van der Waals surface area contributed by atoms with E-state index in [1.54, 1.807) is 5.38 Å². The van der Waals surface area contributed by atoms with Crippen LogP contribution in [0, 0.1) is 0 Å². The van der Waals surface area contributed by atoms with E-state index in [0.717, 1.165) is 33.8 Å². The summed E-state index contributed by atoms with van der Waals surface area (Å²) < 4.78 is 6.82. The topological polar surface area (TPSA) is 62.7 Å². The van der Waals surface area contributed by atoms with Gasteiger partial charge in [0, 0.05) is 16.4 Å². The highest BCUT2D eigenvalue weighted by molar-refractivity contribution is 9.10. The molecule has 2 aromatic rings. The van der Waals surface area contributed by atoms with Gasteiger partial charge in [0.15, 0.2) is 0 Å². The molecule has 7 heteroatoms. The van der Waals surface area contributed by atoms with E-state index in [1.807, 2.05) is 32.3 Å². The second-order valence-electron chi connectivity index (χ2n) is 5.36. The quantitative estimate of drug-likeness (QED) is 0.689. The van der Waals surface area contributed by atoms with Crippen molar-refractivity contribution in [1.29, 1.82) is 0 Å². The minimum absolute atomic E-state index is 0.0659. The molecule has 1 aromatic carbocycles. The third-order valence-electron chi connectivity index (χ3n) is 3.06. The first-order chi connectivity index (χ1) is 11.0. The average Bonchev–Trinajstić information content (AvgIpc) is 2.92. The standard InChI is InChI=1S/C16H19BrN2O3S/c1-19(2)6-3-7-22-14-5-4-11(17)8-13(14)16-18-12(10-23-16)9-15(20)21/h4-5,8,10H,3,6-7,9H2,1-2H3,(H,20,21). The maximum atomic E-state index is 10.8. The Balaban J connectivity index is 2.14. The number of carboxylic acid groups (broad SMARTS) is 1. The summed E-state index contributed by atoms with van der Waals surface area (Å²) >= 11 is 4.89. The molecule has 0 saturated carbocycles. The van der Waals surface area contributed by atoms with Crippen LogP contribution in [0.1, 0.15) is 12.1 Å². The van der Waals surface area contributed by atoms with Crippen molar-refractivity contribution in [3.8, 4) is 16.3 Å². The highest BCUT2D eigenvalue weighted by Gasteiger charge is 2.13. The second kappa shape index (κ2) is 8.42. The molecular formula is C16H19BrN2O3S. The number of carbonyl (C=O) groups is 1. The van der Waals surface area contributed by atoms with E-state index in [2.05, 4.69) is 25.8 Å². The number of halogens is 1. The summed E-state index contributed by atoms with van der Waals surface area (Å²) in [6.45, 7) is 1.59. The molecule has 0 aliphatic heterocycles. The molecule has 0 fully saturated rings. The molecule has 1 aromatic heterocycles. The number of rotatable bonds is 8. The van der Waals surface area contributed by atoms with Gasteiger partial charge in [-0.2, -0.15) is 0 Å². The number of benzene rings is 1. The molecule has 0 bridgehead atoms. The third-order valence-corrected chi connectivity index (χ3v) is 4.48. The Morgan fingerprint density at radius 3 is 2.91 bits per heavy atom. The zero-order valence-corrected chi connectivity index (χ0v) is 15.5. The summed E-state index contributed by atoms with van der Waals surface area (Å²) in [4.78, 5) is 17.3. The van der Waals surface area contributed by atoms with Gasteiger partial charge in [0.2, 0.25) is 0 Å². The van der Waals surface area contributed by atoms with E-state index in [9.17, 15) is 4.79 Å². The second-order valence-corrected chi connectivity index (χ2v) is 7.13. The van der Waals surface area contributed by atoms with Crippen LogP contribution in [0.3, 0.4) is 0 Å². The number of aromatic nitrogens is 1. The monoisotopic (exact) mass is 398 g/mol. The Kier molecular flexibility index (Phi) is 6.56. The van der Waals surface area contributed by atoms with Gasteiger partial charge in [0.1, 0.15) is 10.8 Å². The van der Waals surface area contributed by atoms with E-state index in [1.165, 1.54) is 11.3 Å². The van der Waals surface area contributed by atoms with Crippen molar-refractivity contribution < 1.29 is 14.6 Å². The van der Waals surface area contributed by atoms with Crippen molar-refractivity contribution >= 4 is 33.2 Å². The van der Waals surface area contributed by atoms with Gasteiger partial charge >= 0.3 is 5.97 Å². The van der Waals surface area contributed by atoms with E-state index < -0.39 is 5.97 Å². The van der Waals surface area contributed by atoms with E-state index >= 15 is 0 Å². The van der Waals surface area contributed by atoms with Gasteiger partial charge in [-0.05, 0) is 38.7 Å². The van der Waals surface area contributed by atoms with Crippen molar-refractivity contribution in [3.05, 3.63) is 33.7 Å². The molecule has 0 amide bonds. The summed E-state index contributed by atoms with van der Waals surface area (Å²) in [5, 5.41) is 11.4. The molecule has 2 rings (SSSR count). The Labute approximate surface area is 148 Å². The lowest BCUT2D eigenvalue weighted by Crippen LogP contribution is -2.15. The molecule has 124 valence electrons. The first kappa shape index (κ1) is 17.9. The lowest BCUT2D eigenvalue weighted by atomic mass is 10.2. The average molecular weight is 399 g/mol. The lowest BCUT2D eigenvalue weighted by molar-refractivity contribution is -0.136. The highest BCUT2D eigenvalue weighted by Crippen LogP contribution is 2.34. The fourth-order valence-electron chi connectivity index (χ4n) is 2.02. The van der Waals surface area contributed by atoms with E-state index in [4.69, 9.17) is 9.84 Å². The van der Waals surface area contributed by atoms with Crippen LogP contribution < -0.4 is 4.74 Å². The lowest BCUT2D eigenvalue weighted by Gasteiger charge is -2.12. The normalized spacial score (nSPS) is 11.0. The molecule has 0 spiro atoms. The predicted molar refractivity (Wildman–Crippen MR) is 95.3 cm³/mol. The van der Waals surface area contributed by atoms with Crippen LogP contribution in [0.2, 0.25) is 0 Å². The molecule has 23 heavy (non-hydrogen) atoms. The molecule has 0 unspecified atom stereocenters. The summed E-state index contributed by atoms with van der Waals surface area (Å²) in [7, 11) is 4.06. The molecule has 1 heterocycles. The van der Waals surface area contributed by atoms with Crippen molar-refractivity contribution in [1.82, 2.24) is 9.88 Å². The third kappa shape index (κ3) is 5.60. The maximum absolute atomic E-state index is 10.8. The van der Waals surface area contributed by atoms with Gasteiger partial charge in [0.25, 0.3) is 0 Å². The number of aliphatic carboxylic acids is 1. The van der Waals surface area contributed by atoms with Crippen LogP contribution in [-0.2, 0) is 11.2 Å². The zero-order chi connectivity index (χ0) is 16.8. The van der Waals surface area contributed by atoms with Crippen molar-refractivity contribution in [3.63, 3.8) is 0 Å². The van der Waals surface area contributed by atoms with Gasteiger partial charge < -0.3 is 14.7 Å². The first-order valence-electron chi connectivity index (χ1n) is 7.19. The van der Waals surface area contributed by atoms with Crippen LogP contribution in [0.5, 0.6) is 5.75 Å². The van der Waals surface area contributed by atoms with Gasteiger partial charge in [-0.1, -0.05) is 15.9 Å². The summed E-state index contributed by atoms with van der Waals surface area (Å²) in [6.07, 6.45) is 0.869. The smallest absolute Gasteiger partial charge is 0.309 e. The summed E-state index contributed by atoms with van der Waals surface area (Å²) in [5.41, 5.74) is 1.45. The zero-order valence-electron chi connectivity index (χ0n) is 13.1. The first-order valence-corrected chi connectivity index (χ1v) is 8.86. The van der Waals surface area contributed by atoms with Gasteiger partial charge in [-0.15, -0.1) is 11.3 Å². The largest absolute Gasteiger partial charge is 0.493 e. The molecular weight excluding hydrogens is 380 g/mol. The van der Waals surface area contributed by atoms with Crippen molar-refractivity contribution in [2.45, 2.75) is 12.8 Å². The minimum Gasteiger partial charge on any atom is -0.493 e. The van der Waals surface area contributed by atoms with Crippen LogP contribution in [0.4, 0.5) is 0 Å². The van der Waals surface area contributed by atoms with Gasteiger partial charge in [-0.25, -0.2) is 4.98 Å².